The molecule has 1 fully saturated rings. The lowest BCUT2D eigenvalue weighted by atomic mass is 10.4. The lowest BCUT2D eigenvalue weighted by Crippen LogP contribution is -2.41. The Kier molecular flexibility index (Phi) is 8.86. The van der Waals surface area contributed by atoms with Crippen molar-refractivity contribution in [3.8, 4) is 0 Å². The molecule has 1 rings (SSSR count). The van der Waals surface area contributed by atoms with Gasteiger partial charge in [0.1, 0.15) is 0 Å². The van der Waals surface area contributed by atoms with E-state index in [1.54, 1.807) is 7.11 Å². The average molecular weight is 406 g/mol. The molecule has 1 saturated heterocycles. The molecule has 0 aromatic heterocycles. The molecule has 7 nitrogen and oxygen atoms in total. The molecule has 0 radical (unpaired) electrons. The summed E-state index contributed by atoms with van der Waals surface area (Å²) in [5.74, 6) is 0.561. The van der Waals surface area contributed by atoms with Crippen LogP contribution in [0.15, 0.2) is 4.99 Å². The lowest BCUT2D eigenvalue weighted by molar-refractivity contribution is 0.179. The normalized spacial score (nSPS) is 20.8. The Hall–Kier alpha value is -0.130. The van der Waals surface area contributed by atoms with Crippen molar-refractivity contribution >= 4 is 40.0 Å². The fraction of sp³-hybridized carbons (Fsp3) is 0.900. The highest BCUT2D eigenvalue weighted by Gasteiger charge is 2.27. The van der Waals surface area contributed by atoms with Crippen LogP contribution in [-0.2, 0) is 14.8 Å². The smallest absolute Gasteiger partial charge is 0.214 e. The van der Waals surface area contributed by atoms with Crippen LogP contribution in [0.3, 0.4) is 0 Å². The Balaban J connectivity index is 0.00000324. The number of sulfonamides is 1. The predicted molar refractivity (Wildman–Crippen MR) is 86.4 cm³/mol. The van der Waals surface area contributed by atoms with Crippen molar-refractivity contribution in [3.05, 3.63) is 0 Å². The van der Waals surface area contributed by atoms with Crippen molar-refractivity contribution in [2.24, 2.45) is 10.7 Å². The van der Waals surface area contributed by atoms with Crippen LogP contribution < -0.4 is 11.1 Å². The second-order valence-electron chi connectivity index (χ2n) is 4.34. The zero-order chi connectivity index (χ0) is 13.6. The van der Waals surface area contributed by atoms with Gasteiger partial charge < -0.3 is 15.8 Å². The average Bonchev–Trinajstić information content (AvgIpc) is 2.58. The number of hydrogen-bond acceptors (Lipinski definition) is 4. The zero-order valence-corrected chi connectivity index (χ0v) is 14.5. The summed E-state index contributed by atoms with van der Waals surface area (Å²) >= 11 is 0. The highest BCUT2D eigenvalue weighted by Crippen LogP contribution is 2.11. The third-order valence-corrected chi connectivity index (χ3v) is 4.60. The predicted octanol–water partition coefficient (Wildman–Crippen LogP) is -0.421. The Labute approximate surface area is 132 Å². The molecule has 0 saturated carbocycles. The minimum Gasteiger partial charge on any atom is -0.383 e. The number of rotatable bonds is 6. The summed E-state index contributed by atoms with van der Waals surface area (Å²) in [6.45, 7) is 3.82. The van der Waals surface area contributed by atoms with Crippen molar-refractivity contribution < 1.29 is 13.2 Å². The van der Waals surface area contributed by atoms with Gasteiger partial charge >= 0.3 is 0 Å². The molecule has 3 N–H and O–H groups in total. The van der Waals surface area contributed by atoms with E-state index in [9.17, 15) is 8.42 Å². The van der Waals surface area contributed by atoms with Gasteiger partial charge in [0.25, 0.3) is 0 Å². The molecule has 114 valence electrons. The molecular weight excluding hydrogens is 383 g/mol. The molecule has 0 aromatic rings. The van der Waals surface area contributed by atoms with Crippen molar-refractivity contribution in [3.63, 3.8) is 0 Å². The molecule has 9 heteroatoms. The van der Waals surface area contributed by atoms with Gasteiger partial charge in [-0.05, 0) is 13.3 Å². The van der Waals surface area contributed by atoms with Gasteiger partial charge in [0.15, 0.2) is 5.96 Å². The van der Waals surface area contributed by atoms with Crippen LogP contribution in [-0.4, -0.2) is 63.8 Å². The second kappa shape index (κ2) is 8.93. The molecule has 1 aliphatic rings. The molecule has 0 aromatic carbocycles. The number of guanidine groups is 1. The van der Waals surface area contributed by atoms with E-state index >= 15 is 0 Å². The number of nitrogens with two attached hydrogens (primary N) is 1. The maximum atomic E-state index is 11.5. The van der Waals surface area contributed by atoms with E-state index in [0.29, 0.717) is 38.6 Å². The number of nitrogens with zero attached hydrogens (tertiary/aromatic N) is 2. The van der Waals surface area contributed by atoms with Crippen LogP contribution in [0, 0.1) is 0 Å². The molecule has 1 aliphatic heterocycles. The Morgan fingerprint density at radius 2 is 2.26 bits per heavy atom. The first-order valence-electron chi connectivity index (χ1n) is 5.99. The quantitative estimate of drug-likeness (QED) is 0.355. The maximum absolute atomic E-state index is 11.5. The van der Waals surface area contributed by atoms with Crippen molar-refractivity contribution in [2.45, 2.75) is 19.4 Å². The van der Waals surface area contributed by atoms with E-state index in [1.807, 2.05) is 6.92 Å². The van der Waals surface area contributed by atoms with E-state index < -0.39 is 10.0 Å². The zero-order valence-electron chi connectivity index (χ0n) is 11.3. The first-order valence-corrected chi connectivity index (χ1v) is 7.60. The number of ether oxygens (including phenoxy) is 1. The van der Waals surface area contributed by atoms with Crippen molar-refractivity contribution in [1.82, 2.24) is 9.62 Å². The van der Waals surface area contributed by atoms with Crippen LogP contribution in [0.2, 0.25) is 0 Å². The highest BCUT2D eigenvalue weighted by molar-refractivity contribution is 14.0. The number of halogens is 1. The van der Waals surface area contributed by atoms with E-state index in [0.717, 1.165) is 0 Å². The number of aliphatic imine (C=N–C) groups is 1. The fourth-order valence-electron chi connectivity index (χ4n) is 1.81. The monoisotopic (exact) mass is 406 g/mol. The highest BCUT2D eigenvalue weighted by atomic mass is 127. The molecule has 0 bridgehead atoms. The molecule has 1 unspecified atom stereocenters. The van der Waals surface area contributed by atoms with Gasteiger partial charge in [-0.3, -0.25) is 4.99 Å². The molecule has 1 atom stereocenters. The van der Waals surface area contributed by atoms with Gasteiger partial charge in [0, 0.05) is 26.2 Å². The summed E-state index contributed by atoms with van der Waals surface area (Å²) < 4.78 is 29.4. The minimum atomic E-state index is -3.03. The van der Waals surface area contributed by atoms with Gasteiger partial charge in [-0.25, -0.2) is 12.7 Å². The van der Waals surface area contributed by atoms with Gasteiger partial charge in [0.05, 0.1) is 18.9 Å². The maximum Gasteiger partial charge on any atom is 0.214 e. The molecule has 0 aliphatic carbocycles. The van der Waals surface area contributed by atoms with Gasteiger partial charge in [-0.2, -0.15) is 0 Å². The first kappa shape index (κ1) is 18.9. The third-order valence-electron chi connectivity index (χ3n) is 2.65. The van der Waals surface area contributed by atoms with E-state index in [4.69, 9.17) is 10.5 Å². The second-order valence-corrected chi connectivity index (χ2v) is 6.42. The number of hydrogen-bond donors (Lipinski definition) is 2. The molecule has 19 heavy (non-hydrogen) atoms. The molecule has 0 spiro atoms. The number of nitrogens with one attached hydrogen (secondary N) is 1. The molecule has 0 amide bonds. The Morgan fingerprint density at radius 3 is 2.79 bits per heavy atom. The van der Waals surface area contributed by atoms with Gasteiger partial charge in [-0.15, -0.1) is 24.0 Å². The minimum absolute atomic E-state index is 0. The SMILES string of the molecule is COCC(C)NC(N)=NCCN1CCCS1(=O)=O.I. The summed E-state index contributed by atoms with van der Waals surface area (Å²) in [5.41, 5.74) is 5.67. The molecular formula is C10H23IN4O3S. The largest absolute Gasteiger partial charge is 0.383 e. The fourth-order valence-corrected chi connectivity index (χ4v) is 3.33. The molecule has 1 heterocycles. The standard InChI is InChI=1S/C10H22N4O3S.HI/c1-9(8-17-2)13-10(11)12-4-6-14-5-3-7-18(14,15)16;/h9H,3-8H2,1-2H3,(H3,11,12,13);1H. The van der Waals surface area contributed by atoms with E-state index in [-0.39, 0.29) is 35.8 Å². The third kappa shape index (κ3) is 6.72. The van der Waals surface area contributed by atoms with Gasteiger partial charge in [-0.1, -0.05) is 0 Å². The topological polar surface area (TPSA) is 97.0 Å². The van der Waals surface area contributed by atoms with Crippen LogP contribution in [0.4, 0.5) is 0 Å². The summed E-state index contributed by atoms with van der Waals surface area (Å²) in [5, 5.41) is 2.96. The van der Waals surface area contributed by atoms with Gasteiger partial charge in [0.2, 0.25) is 10.0 Å². The summed E-state index contributed by atoms with van der Waals surface area (Å²) in [7, 11) is -1.42. The van der Waals surface area contributed by atoms with Crippen LogP contribution in [0.25, 0.3) is 0 Å². The summed E-state index contributed by atoms with van der Waals surface area (Å²) in [6.07, 6.45) is 0.699. The summed E-state index contributed by atoms with van der Waals surface area (Å²) in [6, 6.07) is 0.0780. The van der Waals surface area contributed by atoms with Crippen molar-refractivity contribution in [2.75, 3.05) is 39.1 Å². The van der Waals surface area contributed by atoms with Crippen LogP contribution in [0.1, 0.15) is 13.3 Å². The lowest BCUT2D eigenvalue weighted by Gasteiger charge is -2.14. The Bertz CT molecular complexity index is 388. The summed E-state index contributed by atoms with van der Waals surface area (Å²) in [4.78, 5) is 4.10. The Morgan fingerprint density at radius 1 is 1.58 bits per heavy atom. The van der Waals surface area contributed by atoms with Crippen LogP contribution in [0.5, 0.6) is 0 Å². The van der Waals surface area contributed by atoms with Crippen molar-refractivity contribution in [1.29, 1.82) is 0 Å². The number of methoxy groups -OCH3 is 1. The van der Waals surface area contributed by atoms with E-state index in [1.165, 1.54) is 4.31 Å². The first-order chi connectivity index (χ1) is 8.45. The van der Waals surface area contributed by atoms with Crippen LogP contribution >= 0.6 is 24.0 Å². The van der Waals surface area contributed by atoms with E-state index in [2.05, 4.69) is 10.3 Å².